The van der Waals surface area contributed by atoms with Crippen molar-refractivity contribution >= 4 is 0 Å². The summed E-state index contributed by atoms with van der Waals surface area (Å²) in [4.78, 5) is 4.44. The standard InChI is InChI=1S/C13H18N2O2/c1-4-12-11(5-6-16-12)13-15-10(8-17-13)7-14-9(2)3/h5-6,8-9,14H,4,7H2,1-3H3. The van der Waals surface area contributed by atoms with Gasteiger partial charge in [-0.05, 0) is 6.07 Å². The molecule has 0 unspecified atom stereocenters. The fourth-order valence-electron chi connectivity index (χ4n) is 1.63. The van der Waals surface area contributed by atoms with Crippen LogP contribution in [0, 0.1) is 0 Å². The van der Waals surface area contributed by atoms with E-state index in [2.05, 4.69) is 24.1 Å². The Bertz CT molecular complexity index is 471. The van der Waals surface area contributed by atoms with Crippen LogP contribution in [0.4, 0.5) is 0 Å². The summed E-state index contributed by atoms with van der Waals surface area (Å²) in [7, 11) is 0. The van der Waals surface area contributed by atoms with Gasteiger partial charge in [0.05, 0.1) is 17.5 Å². The van der Waals surface area contributed by atoms with Gasteiger partial charge in [0, 0.05) is 19.0 Å². The lowest BCUT2D eigenvalue weighted by Gasteiger charge is -2.03. The van der Waals surface area contributed by atoms with Crippen molar-refractivity contribution in [1.82, 2.24) is 10.3 Å². The molecule has 0 amide bonds. The molecule has 17 heavy (non-hydrogen) atoms. The molecule has 0 aliphatic heterocycles. The van der Waals surface area contributed by atoms with E-state index in [1.54, 1.807) is 12.5 Å². The third kappa shape index (κ3) is 2.77. The molecule has 0 saturated heterocycles. The zero-order valence-electron chi connectivity index (χ0n) is 10.5. The molecule has 2 rings (SSSR count). The van der Waals surface area contributed by atoms with Gasteiger partial charge in [0.15, 0.2) is 0 Å². The van der Waals surface area contributed by atoms with Crippen LogP contribution in [-0.2, 0) is 13.0 Å². The number of hydrogen-bond acceptors (Lipinski definition) is 4. The molecule has 0 saturated carbocycles. The summed E-state index contributed by atoms with van der Waals surface area (Å²) >= 11 is 0. The molecular weight excluding hydrogens is 216 g/mol. The van der Waals surface area contributed by atoms with Gasteiger partial charge in [-0.15, -0.1) is 0 Å². The molecule has 0 radical (unpaired) electrons. The van der Waals surface area contributed by atoms with Crippen molar-refractivity contribution in [2.45, 2.75) is 39.8 Å². The van der Waals surface area contributed by atoms with E-state index in [4.69, 9.17) is 8.83 Å². The van der Waals surface area contributed by atoms with Gasteiger partial charge in [-0.1, -0.05) is 20.8 Å². The average molecular weight is 234 g/mol. The molecule has 4 nitrogen and oxygen atoms in total. The second kappa shape index (κ2) is 5.19. The van der Waals surface area contributed by atoms with E-state index < -0.39 is 0 Å². The summed E-state index contributed by atoms with van der Waals surface area (Å²) in [5.41, 5.74) is 1.86. The minimum Gasteiger partial charge on any atom is -0.469 e. The molecule has 0 aromatic carbocycles. The lowest BCUT2D eigenvalue weighted by molar-refractivity contribution is 0.512. The lowest BCUT2D eigenvalue weighted by atomic mass is 10.2. The number of aryl methyl sites for hydroxylation is 1. The molecule has 2 heterocycles. The first-order valence-electron chi connectivity index (χ1n) is 5.95. The number of hydrogen-bond donors (Lipinski definition) is 1. The topological polar surface area (TPSA) is 51.2 Å². The van der Waals surface area contributed by atoms with E-state index >= 15 is 0 Å². The van der Waals surface area contributed by atoms with Crippen LogP contribution in [0.25, 0.3) is 11.5 Å². The first-order chi connectivity index (χ1) is 8.20. The maximum Gasteiger partial charge on any atom is 0.229 e. The van der Waals surface area contributed by atoms with Gasteiger partial charge in [0.2, 0.25) is 5.89 Å². The summed E-state index contributed by atoms with van der Waals surface area (Å²) in [5, 5.41) is 3.30. The van der Waals surface area contributed by atoms with E-state index in [1.165, 1.54) is 0 Å². The number of nitrogens with one attached hydrogen (secondary N) is 1. The number of aromatic nitrogens is 1. The fraction of sp³-hybridized carbons (Fsp3) is 0.462. The van der Waals surface area contributed by atoms with E-state index in [0.29, 0.717) is 11.9 Å². The molecule has 2 aromatic heterocycles. The monoisotopic (exact) mass is 234 g/mol. The van der Waals surface area contributed by atoms with Gasteiger partial charge in [0.1, 0.15) is 12.0 Å². The van der Waals surface area contributed by atoms with Crippen LogP contribution in [0.15, 0.2) is 27.4 Å². The normalized spacial score (nSPS) is 11.3. The van der Waals surface area contributed by atoms with E-state index in [0.717, 1.165) is 30.0 Å². The Hall–Kier alpha value is -1.55. The molecule has 0 atom stereocenters. The van der Waals surface area contributed by atoms with E-state index in [9.17, 15) is 0 Å². The van der Waals surface area contributed by atoms with Crippen molar-refractivity contribution < 1.29 is 8.83 Å². The van der Waals surface area contributed by atoms with Crippen LogP contribution in [0.2, 0.25) is 0 Å². The third-order valence-electron chi connectivity index (χ3n) is 2.54. The van der Waals surface area contributed by atoms with Crippen LogP contribution in [-0.4, -0.2) is 11.0 Å². The molecule has 4 heteroatoms. The van der Waals surface area contributed by atoms with Crippen molar-refractivity contribution in [1.29, 1.82) is 0 Å². The second-order valence-corrected chi connectivity index (χ2v) is 4.29. The molecule has 0 spiro atoms. The highest BCUT2D eigenvalue weighted by atomic mass is 16.4. The van der Waals surface area contributed by atoms with E-state index in [1.807, 2.05) is 13.0 Å². The number of oxazole rings is 1. The van der Waals surface area contributed by atoms with Gasteiger partial charge in [-0.25, -0.2) is 4.98 Å². The quantitative estimate of drug-likeness (QED) is 0.864. The zero-order valence-corrected chi connectivity index (χ0v) is 10.5. The van der Waals surface area contributed by atoms with Crippen LogP contribution >= 0.6 is 0 Å². The summed E-state index contributed by atoms with van der Waals surface area (Å²) in [5.74, 6) is 1.55. The van der Waals surface area contributed by atoms with Gasteiger partial charge >= 0.3 is 0 Å². The largest absolute Gasteiger partial charge is 0.469 e. The Morgan fingerprint density at radius 2 is 2.18 bits per heavy atom. The van der Waals surface area contributed by atoms with Crippen molar-refractivity contribution in [2.24, 2.45) is 0 Å². The van der Waals surface area contributed by atoms with Crippen molar-refractivity contribution in [3.63, 3.8) is 0 Å². The first kappa shape index (κ1) is 11.9. The third-order valence-corrected chi connectivity index (χ3v) is 2.54. The van der Waals surface area contributed by atoms with Crippen molar-refractivity contribution in [2.75, 3.05) is 0 Å². The Morgan fingerprint density at radius 3 is 2.88 bits per heavy atom. The highest BCUT2D eigenvalue weighted by Crippen LogP contribution is 2.24. The van der Waals surface area contributed by atoms with Crippen molar-refractivity contribution in [3.8, 4) is 11.5 Å². The predicted octanol–water partition coefficient (Wildman–Crippen LogP) is 3.00. The second-order valence-electron chi connectivity index (χ2n) is 4.29. The number of rotatable bonds is 5. The Labute approximate surface area is 101 Å². The minimum absolute atomic E-state index is 0.440. The van der Waals surface area contributed by atoms with Crippen LogP contribution in [0.5, 0.6) is 0 Å². The average Bonchev–Trinajstić information content (AvgIpc) is 2.94. The molecule has 0 aliphatic rings. The number of furan rings is 1. The van der Waals surface area contributed by atoms with Gasteiger partial charge in [0.25, 0.3) is 0 Å². The lowest BCUT2D eigenvalue weighted by Crippen LogP contribution is -2.21. The summed E-state index contributed by atoms with van der Waals surface area (Å²) in [6, 6.07) is 2.33. The zero-order chi connectivity index (χ0) is 12.3. The minimum atomic E-state index is 0.440. The summed E-state index contributed by atoms with van der Waals surface area (Å²) in [6.07, 6.45) is 4.20. The molecule has 1 N–H and O–H groups in total. The van der Waals surface area contributed by atoms with Gasteiger partial charge < -0.3 is 14.2 Å². The Kier molecular flexibility index (Phi) is 3.64. The fourth-order valence-corrected chi connectivity index (χ4v) is 1.63. The van der Waals surface area contributed by atoms with Crippen LogP contribution < -0.4 is 5.32 Å². The molecular formula is C13H18N2O2. The molecule has 0 aliphatic carbocycles. The highest BCUT2D eigenvalue weighted by molar-refractivity contribution is 5.55. The van der Waals surface area contributed by atoms with Gasteiger partial charge in [-0.3, -0.25) is 0 Å². The summed E-state index contributed by atoms with van der Waals surface area (Å²) < 4.78 is 10.8. The number of nitrogens with zero attached hydrogens (tertiary/aromatic N) is 1. The van der Waals surface area contributed by atoms with Crippen LogP contribution in [0.1, 0.15) is 32.2 Å². The molecule has 0 fully saturated rings. The maximum atomic E-state index is 5.47. The maximum absolute atomic E-state index is 5.47. The summed E-state index contributed by atoms with van der Waals surface area (Å²) in [6.45, 7) is 6.98. The Morgan fingerprint density at radius 1 is 1.35 bits per heavy atom. The van der Waals surface area contributed by atoms with Crippen molar-refractivity contribution in [3.05, 3.63) is 30.0 Å². The van der Waals surface area contributed by atoms with E-state index in [-0.39, 0.29) is 0 Å². The smallest absolute Gasteiger partial charge is 0.229 e. The first-order valence-corrected chi connectivity index (χ1v) is 5.95. The van der Waals surface area contributed by atoms with Crippen LogP contribution in [0.3, 0.4) is 0 Å². The molecule has 0 bridgehead atoms. The predicted molar refractivity (Wildman–Crippen MR) is 65.6 cm³/mol. The SMILES string of the molecule is CCc1occc1-c1nc(CNC(C)C)co1. The molecule has 92 valence electrons. The Balaban J connectivity index is 2.12. The highest BCUT2D eigenvalue weighted by Gasteiger charge is 2.12. The van der Waals surface area contributed by atoms with Gasteiger partial charge in [-0.2, -0.15) is 0 Å². The molecule has 2 aromatic rings.